The van der Waals surface area contributed by atoms with Gasteiger partial charge in [-0.1, -0.05) is 56.2 Å². The van der Waals surface area contributed by atoms with E-state index in [0.717, 1.165) is 5.88 Å². The van der Waals surface area contributed by atoms with E-state index in [4.69, 9.17) is 4.74 Å². The lowest BCUT2D eigenvalue weighted by Gasteiger charge is -2.36. The molecule has 0 radical (unpaired) electrons. The van der Waals surface area contributed by atoms with Gasteiger partial charge < -0.3 is 4.74 Å². The zero-order chi connectivity index (χ0) is 16.6. The average Bonchev–Trinajstić information content (AvgIpc) is 2.66. The maximum absolute atomic E-state index is 6.09. The van der Waals surface area contributed by atoms with E-state index in [0.29, 0.717) is 12.6 Å². The third kappa shape index (κ3) is 4.35. The summed E-state index contributed by atoms with van der Waals surface area (Å²) in [5.41, 5.74) is 2.44. The first-order valence-corrected chi connectivity index (χ1v) is 9.24. The predicted molar refractivity (Wildman–Crippen MR) is 98.1 cm³/mol. The number of pyridine rings is 1. The van der Waals surface area contributed by atoms with Crippen molar-refractivity contribution in [1.29, 1.82) is 0 Å². The number of benzene rings is 1. The minimum Gasteiger partial charge on any atom is -0.473 e. The van der Waals surface area contributed by atoms with E-state index in [1.54, 1.807) is 0 Å². The molecular formula is C21H28N2O. The summed E-state index contributed by atoms with van der Waals surface area (Å²) < 4.78 is 6.09. The van der Waals surface area contributed by atoms with Crippen LogP contribution in [0.2, 0.25) is 0 Å². The Bertz CT molecular complexity index is 614. The van der Waals surface area contributed by atoms with Crippen molar-refractivity contribution in [2.75, 3.05) is 13.1 Å². The molecule has 1 aromatic carbocycles. The molecule has 0 bridgehead atoms. The minimum absolute atomic E-state index is 0.449. The van der Waals surface area contributed by atoms with Crippen LogP contribution in [-0.4, -0.2) is 23.0 Å². The first-order valence-electron chi connectivity index (χ1n) is 9.24. The highest BCUT2D eigenvalue weighted by Crippen LogP contribution is 2.35. The molecule has 24 heavy (non-hydrogen) atoms. The number of likely N-dealkylation sites (tertiary alicyclic amines) is 1. The molecule has 1 fully saturated rings. The van der Waals surface area contributed by atoms with E-state index < -0.39 is 0 Å². The Kier molecular flexibility index (Phi) is 6.25. The predicted octanol–water partition coefficient (Wildman–Crippen LogP) is 4.99. The molecule has 0 unspecified atom stereocenters. The van der Waals surface area contributed by atoms with Gasteiger partial charge in [-0.3, -0.25) is 4.90 Å². The molecule has 1 saturated heterocycles. The van der Waals surface area contributed by atoms with Gasteiger partial charge in [-0.25, -0.2) is 4.98 Å². The number of hydrogen-bond acceptors (Lipinski definition) is 3. The van der Waals surface area contributed by atoms with Crippen LogP contribution in [0.25, 0.3) is 0 Å². The summed E-state index contributed by atoms with van der Waals surface area (Å²) >= 11 is 0. The number of ether oxygens (including phenoxy) is 1. The van der Waals surface area contributed by atoms with Gasteiger partial charge in [0.1, 0.15) is 6.61 Å². The monoisotopic (exact) mass is 324 g/mol. The second-order valence-electron chi connectivity index (χ2n) is 6.57. The molecule has 3 heteroatoms. The summed E-state index contributed by atoms with van der Waals surface area (Å²) in [6.07, 6.45) is 8.14. The van der Waals surface area contributed by atoms with E-state index in [1.165, 1.54) is 56.3 Å². The van der Waals surface area contributed by atoms with Crippen molar-refractivity contribution in [2.45, 2.75) is 51.7 Å². The first kappa shape index (κ1) is 17.0. The van der Waals surface area contributed by atoms with Gasteiger partial charge in [0, 0.05) is 17.8 Å². The van der Waals surface area contributed by atoms with Crippen LogP contribution in [0, 0.1) is 0 Å². The van der Waals surface area contributed by atoms with Gasteiger partial charge in [-0.2, -0.15) is 0 Å². The number of nitrogens with zero attached hydrogens (tertiary/aromatic N) is 2. The largest absolute Gasteiger partial charge is 0.473 e. The van der Waals surface area contributed by atoms with Crippen molar-refractivity contribution in [3.63, 3.8) is 0 Å². The quantitative estimate of drug-likeness (QED) is 0.717. The SMILES string of the molecule is CCCCN1CCCC[C@@H]1c1cccnc1OCc1ccccc1. The smallest absolute Gasteiger partial charge is 0.218 e. The molecule has 0 N–H and O–H groups in total. The van der Waals surface area contributed by atoms with Gasteiger partial charge >= 0.3 is 0 Å². The summed E-state index contributed by atoms with van der Waals surface area (Å²) in [7, 11) is 0. The Morgan fingerprint density at radius 3 is 2.83 bits per heavy atom. The highest BCUT2D eigenvalue weighted by molar-refractivity contribution is 5.30. The number of piperidine rings is 1. The van der Waals surface area contributed by atoms with Gasteiger partial charge in [0.15, 0.2) is 0 Å². The van der Waals surface area contributed by atoms with Crippen LogP contribution in [0.5, 0.6) is 5.88 Å². The van der Waals surface area contributed by atoms with E-state index in [-0.39, 0.29) is 0 Å². The zero-order valence-electron chi connectivity index (χ0n) is 14.7. The van der Waals surface area contributed by atoms with E-state index in [1.807, 2.05) is 30.5 Å². The highest BCUT2D eigenvalue weighted by Gasteiger charge is 2.26. The lowest BCUT2D eigenvalue weighted by molar-refractivity contribution is 0.141. The molecule has 128 valence electrons. The number of hydrogen-bond donors (Lipinski definition) is 0. The lowest BCUT2D eigenvalue weighted by Crippen LogP contribution is -2.34. The Morgan fingerprint density at radius 2 is 2.00 bits per heavy atom. The zero-order valence-corrected chi connectivity index (χ0v) is 14.7. The van der Waals surface area contributed by atoms with Gasteiger partial charge in [0.2, 0.25) is 5.88 Å². The number of rotatable bonds is 7. The van der Waals surface area contributed by atoms with Crippen LogP contribution in [-0.2, 0) is 6.61 Å². The van der Waals surface area contributed by atoms with Crippen molar-refractivity contribution in [3.05, 3.63) is 59.8 Å². The second-order valence-corrected chi connectivity index (χ2v) is 6.57. The van der Waals surface area contributed by atoms with E-state index in [2.05, 4.69) is 35.0 Å². The van der Waals surface area contributed by atoms with Crippen molar-refractivity contribution >= 4 is 0 Å². The lowest BCUT2D eigenvalue weighted by atomic mass is 9.95. The average molecular weight is 324 g/mol. The molecule has 3 nitrogen and oxygen atoms in total. The van der Waals surface area contributed by atoms with Crippen LogP contribution in [0.3, 0.4) is 0 Å². The number of aromatic nitrogens is 1. The van der Waals surface area contributed by atoms with Crippen LogP contribution in [0.4, 0.5) is 0 Å². The topological polar surface area (TPSA) is 25.4 Å². The van der Waals surface area contributed by atoms with Crippen molar-refractivity contribution in [2.24, 2.45) is 0 Å². The minimum atomic E-state index is 0.449. The third-order valence-corrected chi connectivity index (χ3v) is 4.79. The van der Waals surface area contributed by atoms with Gasteiger partial charge in [-0.05, 0) is 44.0 Å². The fraction of sp³-hybridized carbons (Fsp3) is 0.476. The van der Waals surface area contributed by atoms with Crippen LogP contribution >= 0.6 is 0 Å². The maximum atomic E-state index is 6.09. The molecule has 0 aliphatic carbocycles. The Morgan fingerprint density at radius 1 is 1.12 bits per heavy atom. The standard InChI is InChI=1S/C21H28N2O/c1-2-3-15-23-16-8-7-13-20(23)19-12-9-14-22-21(19)24-17-18-10-5-4-6-11-18/h4-6,9-12,14,20H,2-3,7-8,13,15-17H2,1H3/t20-/m1/s1. The molecule has 1 atom stereocenters. The summed E-state index contributed by atoms with van der Waals surface area (Å²) in [6, 6.07) is 15.0. The number of unbranched alkanes of at least 4 members (excludes halogenated alkanes) is 1. The summed E-state index contributed by atoms with van der Waals surface area (Å²) in [5, 5.41) is 0. The fourth-order valence-corrected chi connectivity index (χ4v) is 3.48. The summed E-state index contributed by atoms with van der Waals surface area (Å²) in [4.78, 5) is 7.16. The van der Waals surface area contributed by atoms with Crippen LogP contribution in [0.1, 0.15) is 56.2 Å². The van der Waals surface area contributed by atoms with E-state index >= 15 is 0 Å². The molecule has 1 aliphatic heterocycles. The molecule has 0 spiro atoms. The normalized spacial score (nSPS) is 18.5. The van der Waals surface area contributed by atoms with Crippen molar-refractivity contribution in [1.82, 2.24) is 9.88 Å². The van der Waals surface area contributed by atoms with E-state index in [9.17, 15) is 0 Å². The fourth-order valence-electron chi connectivity index (χ4n) is 3.48. The van der Waals surface area contributed by atoms with Gasteiger partial charge in [-0.15, -0.1) is 0 Å². The first-order chi connectivity index (χ1) is 11.9. The van der Waals surface area contributed by atoms with Crippen LogP contribution in [0.15, 0.2) is 48.7 Å². The molecule has 3 rings (SSSR count). The Balaban J connectivity index is 1.74. The molecule has 1 aliphatic rings. The highest BCUT2D eigenvalue weighted by atomic mass is 16.5. The van der Waals surface area contributed by atoms with Gasteiger partial charge in [0.05, 0.1) is 0 Å². The Hall–Kier alpha value is -1.87. The Labute approximate surface area is 145 Å². The molecule has 1 aromatic heterocycles. The summed E-state index contributed by atoms with van der Waals surface area (Å²) in [6.45, 7) is 5.20. The molecular weight excluding hydrogens is 296 g/mol. The van der Waals surface area contributed by atoms with Crippen molar-refractivity contribution in [3.8, 4) is 5.88 Å². The maximum Gasteiger partial charge on any atom is 0.218 e. The summed E-state index contributed by atoms with van der Waals surface area (Å²) in [5.74, 6) is 0.801. The van der Waals surface area contributed by atoms with Gasteiger partial charge in [0.25, 0.3) is 0 Å². The van der Waals surface area contributed by atoms with Crippen molar-refractivity contribution < 1.29 is 4.74 Å². The molecule has 2 heterocycles. The molecule has 0 amide bonds. The molecule has 0 saturated carbocycles. The molecule has 2 aromatic rings. The van der Waals surface area contributed by atoms with Crippen LogP contribution < -0.4 is 4.74 Å². The second kappa shape index (κ2) is 8.84. The third-order valence-electron chi connectivity index (χ3n) is 4.79.